The van der Waals surface area contributed by atoms with Crippen molar-refractivity contribution in [2.24, 2.45) is 5.92 Å². The van der Waals surface area contributed by atoms with Crippen molar-refractivity contribution in [1.29, 1.82) is 0 Å². The van der Waals surface area contributed by atoms with Gasteiger partial charge < -0.3 is 10.1 Å². The number of methoxy groups -OCH3 is 1. The van der Waals surface area contributed by atoms with Crippen molar-refractivity contribution in [2.75, 3.05) is 19.4 Å². The normalized spacial score (nSPS) is 28.1. The smallest absolute Gasteiger partial charge is 0.315 e. The Bertz CT molecular complexity index is 248. The van der Waals surface area contributed by atoms with Crippen LogP contribution in [0.3, 0.4) is 0 Å². The van der Waals surface area contributed by atoms with Gasteiger partial charge in [0.05, 0.1) is 12.9 Å². The maximum absolute atomic E-state index is 11.3. The van der Waals surface area contributed by atoms with Gasteiger partial charge in [0.15, 0.2) is 0 Å². The zero-order valence-corrected chi connectivity index (χ0v) is 12.7. The lowest BCUT2D eigenvalue weighted by Crippen LogP contribution is -2.43. The molecular weight excluding hydrogens is 246 g/mol. The number of carbonyl (C=O) groups excluding carboxylic acids is 1. The molecule has 3 unspecified atom stereocenters. The number of thioether (sulfide) groups is 1. The van der Waals surface area contributed by atoms with Crippen LogP contribution >= 0.6 is 11.8 Å². The van der Waals surface area contributed by atoms with Crippen LogP contribution in [-0.2, 0) is 9.53 Å². The van der Waals surface area contributed by atoms with E-state index in [-0.39, 0.29) is 5.97 Å². The highest BCUT2D eigenvalue weighted by Gasteiger charge is 2.30. The molecule has 0 spiro atoms. The Morgan fingerprint density at radius 1 is 1.39 bits per heavy atom. The zero-order chi connectivity index (χ0) is 13.4. The molecule has 0 radical (unpaired) electrons. The third kappa shape index (κ3) is 5.19. The topological polar surface area (TPSA) is 38.3 Å². The molecule has 3 nitrogen and oxygen atoms in total. The number of ether oxygens (including phenoxy) is 1. The molecule has 18 heavy (non-hydrogen) atoms. The summed E-state index contributed by atoms with van der Waals surface area (Å²) in [6.45, 7) is 5.42. The molecule has 4 heteroatoms. The Hall–Kier alpha value is -0.220. The molecule has 0 amide bonds. The molecule has 0 bridgehead atoms. The first-order valence-corrected chi connectivity index (χ1v) is 8.17. The molecule has 0 aromatic heterocycles. The third-order valence-corrected chi connectivity index (χ3v) is 5.06. The lowest BCUT2D eigenvalue weighted by atomic mass is 9.83. The average Bonchev–Trinajstić information content (AvgIpc) is 2.39. The molecule has 0 aromatic carbocycles. The molecule has 1 N–H and O–H groups in total. The highest BCUT2D eigenvalue weighted by Crippen LogP contribution is 2.34. The summed E-state index contributed by atoms with van der Waals surface area (Å²) in [5.74, 6) is 1.23. The van der Waals surface area contributed by atoms with Crippen molar-refractivity contribution in [3.63, 3.8) is 0 Å². The van der Waals surface area contributed by atoms with E-state index in [0.717, 1.165) is 12.5 Å². The van der Waals surface area contributed by atoms with Gasteiger partial charge in [-0.3, -0.25) is 4.79 Å². The van der Waals surface area contributed by atoms with Crippen LogP contribution in [0.4, 0.5) is 0 Å². The fourth-order valence-corrected chi connectivity index (χ4v) is 4.14. The Morgan fingerprint density at radius 2 is 2.17 bits per heavy atom. The maximum Gasteiger partial charge on any atom is 0.315 e. The number of carbonyl (C=O) groups is 1. The minimum atomic E-state index is -0.104. The van der Waals surface area contributed by atoms with E-state index in [1.165, 1.54) is 39.2 Å². The van der Waals surface area contributed by atoms with Gasteiger partial charge in [-0.1, -0.05) is 26.7 Å². The number of rotatable bonds is 7. The van der Waals surface area contributed by atoms with Crippen molar-refractivity contribution in [2.45, 2.75) is 57.2 Å². The molecule has 3 atom stereocenters. The summed E-state index contributed by atoms with van der Waals surface area (Å²) in [5.41, 5.74) is 0. The summed E-state index contributed by atoms with van der Waals surface area (Å²) in [4.78, 5) is 11.3. The van der Waals surface area contributed by atoms with Gasteiger partial charge in [0.1, 0.15) is 0 Å². The van der Waals surface area contributed by atoms with E-state index in [2.05, 4.69) is 19.2 Å². The standard InChI is InChI=1S/C14H27NO2S/c1-4-6-11-7-8-12(15-5-2)13(9-11)18-10-14(16)17-3/h11-13,15H,4-10H2,1-3H3. The van der Waals surface area contributed by atoms with Crippen molar-refractivity contribution in [1.82, 2.24) is 5.32 Å². The lowest BCUT2D eigenvalue weighted by Gasteiger charge is -2.36. The van der Waals surface area contributed by atoms with Gasteiger partial charge in [0.2, 0.25) is 0 Å². The second-order valence-electron chi connectivity index (χ2n) is 5.06. The fourth-order valence-electron chi connectivity index (χ4n) is 2.80. The zero-order valence-electron chi connectivity index (χ0n) is 11.9. The monoisotopic (exact) mass is 273 g/mol. The van der Waals surface area contributed by atoms with Crippen molar-refractivity contribution < 1.29 is 9.53 Å². The van der Waals surface area contributed by atoms with Gasteiger partial charge in [-0.05, 0) is 31.7 Å². The Balaban J connectivity index is 2.46. The maximum atomic E-state index is 11.3. The molecule has 1 aliphatic rings. The van der Waals surface area contributed by atoms with E-state index in [9.17, 15) is 4.79 Å². The van der Waals surface area contributed by atoms with Crippen molar-refractivity contribution in [3.8, 4) is 0 Å². The Morgan fingerprint density at radius 3 is 2.78 bits per heavy atom. The van der Waals surface area contributed by atoms with Crippen LogP contribution < -0.4 is 5.32 Å². The van der Waals surface area contributed by atoms with Crippen LogP contribution in [0.1, 0.15) is 46.0 Å². The van der Waals surface area contributed by atoms with Crippen molar-refractivity contribution in [3.05, 3.63) is 0 Å². The number of hydrogen-bond acceptors (Lipinski definition) is 4. The molecule has 1 aliphatic carbocycles. The van der Waals surface area contributed by atoms with Gasteiger partial charge in [-0.2, -0.15) is 0 Å². The van der Waals surface area contributed by atoms with Crippen LogP contribution in [0.15, 0.2) is 0 Å². The highest BCUT2D eigenvalue weighted by molar-refractivity contribution is 8.00. The summed E-state index contributed by atoms with van der Waals surface area (Å²) >= 11 is 1.77. The van der Waals surface area contributed by atoms with E-state index in [1.54, 1.807) is 11.8 Å². The van der Waals surface area contributed by atoms with E-state index in [1.807, 2.05) is 0 Å². The second-order valence-corrected chi connectivity index (χ2v) is 6.29. The summed E-state index contributed by atoms with van der Waals surface area (Å²) in [6.07, 6.45) is 6.42. The molecule has 106 valence electrons. The fraction of sp³-hybridized carbons (Fsp3) is 0.929. The first-order valence-electron chi connectivity index (χ1n) is 7.13. The van der Waals surface area contributed by atoms with Crippen molar-refractivity contribution >= 4 is 17.7 Å². The van der Waals surface area contributed by atoms with Gasteiger partial charge in [-0.25, -0.2) is 0 Å². The van der Waals surface area contributed by atoms with E-state index < -0.39 is 0 Å². The summed E-state index contributed by atoms with van der Waals surface area (Å²) in [6, 6.07) is 0.567. The second kappa shape index (κ2) is 8.81. The molecule has 0 aliphatic heterocycles. The summed E-state index contributed by atoms with van der Waals surface area (Å²) in [5, 5.41) is 4.13. The molecule has 1 saturated carbocycles. The molecule has 0 heterocycles. The molecular formula is C14H27NO2S. The first kappa shape index (κ1) is 15.8. The summed E-state index contributed by atoms with van der Waals surface area (Å²) in [7, 11) is 1.46. The molecule has 1 fully saturated rings. The SMILES string of the molecule is CCCC1CCC(NCC)C(SCC(=O)OC)C1. The number of nitrogens with one attached hydrogen (secondary N) is 1. The minimum Gasteiger partial charge on any atom is -0.468 e. The van der Waals surface area contributed by atoms with Crippen LogP contribution in [0.2, 0.25) is 0 Å². The van der Waals surface area contributed by atoms with Crippen LogP contribution in [-0.4, -0.2) is 36.7 Å². The third-order valence-electron chi connectivity index (χ3n) is 3.71. The van der Waals surface area contributed by atoms with Crippen LogP contribution in [0.25, 0.3) is 0 Å². The first-order chi connectivity index (χ1) is 8.71. The van der Waals surface area contributed by atoms with Crippen LogP contribution in [0.5, 0.6) is 0 Å². The molecule has 0 aromatic rings. The number of hydrogen-bond donors (Lipinski definition) is 1. The average molecular weight is 273 g/mol. The van der Waals surface area contributed by atoms with Gasteiger partial charge in [-0.15, -0.1) is 11.8 Å². The van der Waals surface area contributed by atoms with E-state index >= 15 is 0 Å². The summed E-state index contributed by atoms with van der Waals surface area (Å²) < 4.78 is 4.73. The van der Waals surface area contributed by atoms with E-state index in [0.29, 0.717) is 17.0 Å². The van der Waals surface area contributed by atoms with Gasteiger partial charge >= 0.3 is 5.97 Å². The lowest BCUT2D eigenvalue weighted by molar-refractivity contribution is -0.137. The molecule has 0 saturated heterocycles. The van der Waals surface area contributed by atoms with Gasteiger partial charge in [0, 0.05) is 11.3 Å². The number of esters is 1. The quantitative estimate of drug-likeness (QED) is 0.724. The minimum absolute atomic E-state index is 0.104. The predicted octanol–water partition coefficient (Wildman–Crippen LogP) is 2.84. The Labute approximate surface area is 115 Å². The Kier molecular flexibility index (Phi) is 7.75. The largest absolute Gasteiger partial charge is 0.468 e. The van der Waals surface area contributed by atoms with Gasteiger partial charge in [0.25, 0.3) is 0 Å². The molecule has 1 rings (SSSR count). The predicted molar refractivity (Wildman–Crippen MR) is 78.0 cm³/mol. The highest BCUT2D eigenvalue weighted by atomic mass is 32.2. The van der Waals surface area contributed by atoms with E-state index in [4.69, 9.17) is 4.74 Å². The van der Waals surface area contributed by atoms with Crippen LogP contribution in [0, 0.1) is 5.92 Å².